The minimum Gasteiger partial charge on any atom is -0.429 e. The normalized spacial score (nSPS) is 10.4. The second kappa shape index (κ2) is 3.46. The third-order valence-electron chi connectivity index (χ3n) is 1.93. The summed E-state index contributed by atoms with van der Waals surface area (Å²) >= 11 is 3.37. The summed E-state index contributed by atoms with van der Waals surface area (Å²) in [6.07, 6.45) is 0. The smallest absolute Gasteiger partial charge is 0.292 e. The average Bonchev–Trinajstić information content (AvgIpc) is 2.47. The molecule has 72 valence electrons. The van der Waals surface area contributed by atoms with Gasteiger partial charge in [0.05, 0.1) is 0 Å². The van der Waals surface area contributed by atoms with Gasteiger partial charge in [0.15, 0.2) is 0 Å². The maximum Gasteiger partial charge on any atom is 0.292 e. The summed E-state index contributed by atoms with van der Waals surface area (Å²) in [7, 11) is 0. The summed E-state index contributed by atoms with van der Waals surface area (Å²) in [5.74, 6) is 0.741. The molecular weight excluding hydrogens is 244 g/mol. The maximum absolute atomic E-state index is 5.46. The number of nitrogens with two attached hydrogens (primary N) is 1. The van der Waals surface area contributed by atoms with E-state index in [4.69, 9.17) is 10.2 Å². The van der Waals surface area contributed by atoms with Crippen LogP contribution in [0.3, 0.4) is 0 Å². The average molecular weight is 253 g/mol. The van der Waals surface area contributed by atoms with E-state index in [1.165, 1.54) is 0 Å². The SMILES string of the molecule is Cc1oc(N)nc1-c1ccc(Br)cc1. The van der Waals surface area contributed by atoms with E-state index < -0.39 is 0 Å². The number of nitrogens with zero attached hydrogens (tertiary/aromatic N) is 1. The largest absolute Gasteiger partial charge is 0.429 e. The Hall–Kier alpha value is -1.29. The van der Waals surface area contributed by atoms with E-state index in [-0.39, 0.29) is 6.01 Å². The number of hydrogen-bond donors (Lipinski definition) is 1. The van der Waals surface area contributed by atoms with Gasteiger partial charge in [-0.05, 0) is 19.1 Å². The molecule has 0 radical (unpaired) electrons. The van der Waals surface area contributed by atoms with Gasteiger partial charge in [-0.25, -0.2) is 0 Å². The van der Waals surface area contributed by atoms with Crippen LogP contribution in [0, 0.1) is 6.92 Å². The third kappa shape index (κ3) is 1.65. The predicted molar refractivity (Wildman–Crippen MR) is 58.8 cm³/mol. The van der Waals surface area contributed by atoms with Crippen molar-refractivity contribution in [3.05, 3.63) is 34.5 Å². The van der Waals surface area contributed by atoms with Gasteiger partial charge in [-0.3, -0.25) is 0 Å². The Bertz CT molecular complexity index is 448. The van der Waals surface area contributed by atoms with Crippen molar-refractivity contribution in [1.82, 2.24) is 4.98 Å². The maximum atomic E-state index is 5.46. The number of aromatic nitrogens is 1. The van der Waals surface area contributed by atoms with Crippen molar-refractivity contribution in [3.63, 3.8) is 0 Å². The first kappa shape index (κ1) is 9.27. The lowest BCUT2D eigenvalue weighted by molar-refractivity contribution is 0.549. The van der Waals surface area contributed by atoms with Crippen LogP contribution in [0.25, 0.3) is 11.3 Å². The van der Waals surface area contributed by atoms with Gasteiger partial charge in [-0.1, -0.05) is 28.1 Å². The number of rotatable bonds is 1. The molecule has 0 atom stereocenters. The zero-order valence-corrected chi connectivity index (χ0v) is 9.21. The highest BCUT2D eigenvalue weighted by molar-refractivity contribution is 9.10. The Balaban J connectivity index is 2.49. The van der Waals surface area contributed by atoms with Crippen LogP contribution in [0.5, 0.6) is 0 Å². The Kier molecular flexibility index (Phi) is 2.29. The van der Waals surface area contributed by atoms with Crippen molar-refractivity contribution in [3.8, 4) is 11.3 Å². The number of aryl methyl sites for hydroxylation is 1. The van der Waals surface area contributed by atoms with E-state index in [2.05, 4.69) is 20.9 Å². The molecule has 0 fully saturated rings. The van der Waals surface area contributed by atoms with Gasteiger partial charge in [-0.2, -0.15) is 4.98 Å². The highest BCUT2D eigenvalue weighted by atomic mass is 79.9. The molecule has 0 aliphatic rings. The first-order valence-corrected chi connectivity index (χ1v) is 4.95. The summed E-state index contributed by atoms with van der Waals surface area (Å²) < 4.78 is 6.19. The highest BCUT2D eigenvalue weighted by Crippen LogP contribution is 2.25. The zero-order chi connectivity index (χ0) is 10.1. The number of benzene rings is 1. The van der Waals surface area contributed by atoms with Gasteiger partial charge in [-0.15, -0.1) is 0 Å². The number of halogens is 1. The molecule has 0 saturated carbocycles. The van der Waals surface area contributed by atoms with Crippen molar-refractivity contribution in [2.75, 3.05) is 5.73 Å². The van der Waals surface area contributed by atoms with Crippen molar-refractivity contribution in [1.29, 1.82) is 0 Å². The molecule has 0 spiro atoms. The molecule has 0 saturated heterocycles. The lowest BCUT2D eigenvalue weighted by Gasteiger charge is -1.96. The summed E-state index contributed by atoms with van der Waals surface area (Å²) in [5.41, 5.74) is 7.27. The fraction of sp³-hybridized carbons (Fsp3) is 0.100. The van der Waals surface area contributed by atoms with Crippen LogP contribution in [0.2, 0.25) is 0 Å². The predicted octanol–water partition coefficient (Wildman–Crippen LogP) is 2.99. The van der Waals surface area contributed by atoms with E-state index in [0.717, 1.165) is 21.5 Å². The standard InChI is InChI=1S/C10H9BrN2O/c1-6-9(13-10(12)14-6)7-2-4-8(11)5-3-7/h2-5H,1H3,(H2,12,13). The fourth-order valence-corrected chi connectivity index (χ4v) is 1.56. The molecule has 0 unspecified atom stereocenters. The molecule has 0 bridgehead atoms. The lowest BCUT2D eigenvalue weighted by Crippen LogP contribution is -1.83. The van der Waals surface area contributed by atoms with Crippen LogP contribution in [0.15, 0.2) is 33.2 Å². The molecule has 1 aromatic heterocycles. The number of nitrogen functional groups attached to an aromatic ring is 1. The van der Waals surface area contributed by atoms with Gasteiger partial charge in [0.2, 0.25) is 0 Å². The van der Waals surface area contributed by atoms with Gasteiger partial charge < -0.3 is 10.2 Å². The molecule has 2 aromatic rings. The van der Waals surface area contributed by atoms with E-state index in [1.54, 1.807) is 0 Å². The number of oxazole rings is 1. The summed E-state index contributed by atoms with van der Waals surface area (Å²) in [6, 6.07) is 8.06. The molecule has 1 heterocycles. The zero-order valence-electron chi connectivity index (χ0n) is 7.62. The van der Waals surface area contributed by atoms with Crippen molar-refractivity contribution in [2.24, 2.45) is 0 Å². The van der Waals surface area contributed by atoms with Crippen LogP contribution >= 0.6 is 15.9 Å². The highest BCUT2D eigenvalue weighted by Gasteiger charge is 2.08. The van der Waals surface area contributed by atoms with Gasteiger partial charge in [0, 0.05) is 10.0 Å². The van der Waals surface area contributed by atoms with Gasteiger partial charge >= 0.3 is 0 Å². The quantitative estimate of drug-likeness (QED) is 0.849. The Labute approximate surface area is 90.1 Å². The summed E-state index contributed by atoms with van der Waals surface area (Å²) in [4.78, 5) is 4.11. The van der Waals surface area contributed by atoms with E-state index >= 15 is 0 Å². The molecule has 0 amide bonds. The van der Waals surface area contributed by atoms with Crippen LogP contribution in [-0.4, -0.2) is 4.98 Å². The molecule has 2 N–H and O–H groups in total. The number of hydrogen-bond acceptors (Lipinski definition) is 3. The van der Waals surface area contributed by atoms with E-state index in [0.29, 0.717) is 0 Å². The number of anilines is 1. The molecule has 0 aliphatic carbocycles. The molecule has 2 rings (SSSR count). The van der Waals surface area contributed by atoms with E-state index in [1.807, 2.05) is 31.2 Å². The minimum atomic E-state index is 0.209. The second-order valence-electron chi connectivity index (χ2n) is 2.96. The lowest BCUT2D eigenvalue weighted by atomic mass is 10.1. The topological polar surface area (TPSA) is 52.0 Å². The Morgan fingerprint density at radius 1 is 1.29 bits per heavy atom. The van der Waals surface area contributed by atoms with Crippen molar-refractivity contribution in [2.45, 2.75) is 6.92 Å². The van der Waals surface area contributed by atoms with Crippen molar-refractivity contribution < 1.29 is 4.42 Å². The van der Waals surface area contributed by atoms with Gasteiger partial charge in [0.1, 0.15) is 11.5 Å². The Morgan fingerprint density at radius 2 is 1.93 bits per heavy atom. The third-order valence-corrected chi connectivity index (χ3v) is 2.46. The molecule has 3 nitrogen and oxygen atoms in total. The summed E-state index contributed by atoms with van der Waals surface area (Å²) in [5, 5.41) is 0. The Morgan fingerprint density at radius 3 is 2.43 bits per heavy atom. The van der Waals surface area contributed by atoms with Crippen LogP contribution in [-0.2, 0) is 0 Å². The van der Waals surface area contributed by atoms with Crippen LogP contribution < -0.4 is 5.73 Å². The molecule has 4 heteroatoms. The first-order chi connectivity index (χ1) is 6.66. The molecule has 1 aromatic carbocycles. The first-order valence-electron chi connectivity index (χ1n) is 4.15. The van der Waals surface area contributed by atoms with E-state index in [9.17, 15) is 0 Å². The van der Waals surface area contributed by atoms with Crippen LogP contribution in [0.1, 0.15) is 5.76 Å². The minimum absolute atomic E-state index is 0.209. The van der Waals surface area contributed by atoms with Crippen molar-refractivity contribution >= 4 is 21.9 Å². The molecule has 14 heavy (non-hydrogen) atoms. The van der Waals surface area contributed by atoms with Crippen LogP contribution in [0.4, 0.5) is 6.01 Å². The monoisotopic (exact) mass is 252 g/mol. The second-order valence-corrected chi connectivity index (χ2v) is 3.88. The molecule has 0 aliphatic heterocycles. The van der Waals surface area contributed by atoms with Gasteiger partial charge in [0.25, 0.3) is 6.01 Å². The fourth-order valence-electron chi connectivity index (χ4n) is 1.29. The molecular formula is C10H9BrN2O. The summed E-state index contributed by atoms with van der Waals surface area (Å²) in [6.45, 7) is 1.85.